The van der Waals surface area contributed by atoms with Crippen molar-refractivity contribution < 1.29 is 0 Å². The standard InChI is InChI=1S/C18H22ClN5OS/c19-16-12(3-7-21-17(16)25)26-15-11-22-14(10-23-15)24-8-5-18(6-9-24)4-1-2-13(18)20/h3,7,10-11,13H,1-2,4-6,8-9,20H2,(H,21,25)/t13-/m1/s1. The number of anilines is 1. The van der Waals surface area contributed by atoms with Crippen LogP contribution in [0.2, 0.25) is 5.02 Å². The lowest BCUT2D eigenvalue weighted by atomic mass is 9.74. The van der Waals surface area contributed by atoms with Crippen molar-refractivity contribution in [3.8, 4) is 0 Å². The Morgan fingerprint density at radius 1 is 1.27 bits per heavy atom. The zero-order valence-electron chi connectivity index (χ0n) is 14.4. The van der Waals surface area contributed by atoms with Gasteiger partial charge in [0.15, 0.2) is 0 Å². The molecule has 0 radical (unpaired) electrons. The van der Waals surface area contributed by atoms with Crippen molar-refractivity contribution in [3.63, 3.8) is 0 Å². The normalized spacial score (nSPS) is 22.1. The van der Waals surface area contributed by atoms with E-state index in [4.69, 9.17) is 17.3 Å². The lowest BCUT2D eigenvalue weighted by Crippen LogP contribution is -2.47. The lowest BCUT2D eigenvalue weighted by molar-refractivity contribution is 0.197. The molecule has 1 atom stereocenters. The van der Waals surface area contributed by atoms with Gasteiger partial charge in [0.25, 0.3) is 5.56 Å². The summed E-state index contributed by atoms with van der Waals surface area (Å²) in [6.45, 7) is 1.96. The Hall–Kier alpha value is -1.57. The largest absolute Gasteiger partial charge is 0.355 e. The number of halogens is 1. The van der Waals surface area contributed by atoms with E-state index >= 15 is 0 Å². The minimum Gasteiger partial charge on any atom is -0.355 e. The molecule has 0 unspecified atom stereocenters. The smallest absolute Gasteiger partial charge is 0.267 e. The number of aromatic nitrogens is 3. The van der Waals surface area contributed by atoms with Gasteiger partial charge < -0.3 is 15.6 Å². The first-order chi connectivity index (χ1) is 12.6. The molecule has 2 aromatic heterocycles. The molecule has 3 heterocycles. The van der Waals surface area contributed by atoms with Crippen LogP contribution in [0.4, 0.5) is 5.82 Å². The molecule has 8 heteroatoms. The third-order valence-corrected chi connectivity index (χ3v) is 7.22. The topological polar surface area (TPSA) is 87.9 Å². The van der Waals surface area contributed by atoms with Gasteiger partial charge in [0.1, 0.15) is 15.9 Å². The summed E-state index contributed by atoms with van der Waals surface area (Å²) in [6, 6.07) is 2.12. The molecule has 2 fully saturated rings. The van der Waals surface area contributed by atoms with Crippen LogP contribution in [0.3, 0.4) is 0 Å². The molecule has 4 rings (SSSR count). The number of nitrogens with zero attached hydrogens (tertiary/aromatic N) is 3. The molecule has 1 saturated heterocycles. The van der Waals surface area contributed by atoms with Crippen molar-refractivity contribution in [2.45, 2.75) is 48.1 Å². The van der Waals surface area contributed by atoms with E-state index in [1.54, 1.807) is 24.7 Å². The first-order valence-corrected chi connectivity index (χ1v) is 10.1. The highest BCUT2D eigenvalue weighted by Crippen LogP contribution is 2.45. The molecule has 1 saturated carbocycles. The Balaban J connectivity index is 1.42. The lowest BCUT2D eigenvalue weighted by Gasteiger charge is -2.42. The second-order valence-corrected chi connectivity index (χ2v) is 8.59. The Kier molecular flexibility index (Phi) is 4.94. The van der Waals surface area contributed by atoms with Gasteiger partial charge in [-0.3, -0.25) is 4.79 Å². The molecule has 1 spiro atoms. The minimum atomic E-state index is -0.298. The van der Waals surface area contributed by atoms with Gasteiger partial charge in [0, 0.05) is 30.2 Å². The monoisotopic (exact) mass is 391 g/mol. The number of nitrogens with one attached hydrogen (secondary N) is 1. The fourth-order valence-electron chi connectivity index (χ4n) is 4.13. The molecule has 2 aliphatic rings. The third-order valence-electron chi connectivity index (χ3n) is 5.75. The molecule has 138 valence electrons. The van der Waals surface area contributed by atoms with Crippen molar-refractivity contribution in [1.29, 1.82) is 0 Å². The van der Waals surface area contributed by atoms with E-state index < -0.39 is 0 Å². The highest BCUT2D eigenvalue weighted by Gasteiger charge is 2.42. The number of piperidine rings is 1. The van der Waals surface area contributed by atoms with Crippen LogP contribution >= 0.6 is 23.4 Å². The van der Waals surface area contributed by atoms with Gasteiger partial charge in [-0.15, -0.1) is 0 Å². The van der Waals surface area contributed by atoms with Crippen molar-refractivity contribution in [3.05, 3.63) is 40.0 Å². The molecule has 26 heavy (non-hydrogen) atoms. The van der Waals surface area contributed by atoms with E-state index in [2.05, 4.69) is 19.9 Å². The molecule has 3 N–H and O–H groups in total. The summed E-state index contributed by atoms with van der Waals surface area (Å²) in [5.74, 6) is 0.896. The van der Waals surface area contributed by atoms with E-state index in [0.717, 1.165) is 38.2 Å². The predicted octanol–water partition coefficient (Wildman–Crippen LogP) is 3.07. The Labute approximate surface area is 161 Å². The highest BCUT2D eigenvalue weighted by molar-refractivity contribution is 7.99. The van der Waals surface area contributed by atoms with Crippen LogP contribution in [-0.4, -0.2) is 34.1 Å². The van der Waals surface area contributed by atoms with E-state index in [1.165, 1.54) is 24.6 Å². The van der Waals surface area contributed by atoms with Crippen molar-refractivity contribution >= 4 is 29.2 Å². The second-order valence-electron chi connectivity index (χ2n) is 7.15. The first kappa shape index (κ1) is 17.8. The van der Waals surface area contributed by atoms with Crippen molar-refractivity contribution in [2.24, 2.45) is 11.1 Å². The second kappa shape index (κ2) is 7.21. The van der Waals surface area contributed by atoms with E-state index in [0.29, 0.717) is 21.4 Å². The highest BCUT2D eigenvalue weighted by atomic mass is 35.5. The van der Waals surface area contributed by atoms with Crippen LogP contribution in [0.5, 0.6) is 0 Å². The van der Waals surface area contributed by atoms with E-state index in [9.17, 15) is 4.79 Å². The van der Waals surface area contributed by atoms with Gasteiger partial charge in [-0.1, -0.05) is 29.8 Å². The molecular weight excluding hydrogens is 370 g/mol. The molecule has 1 aliphatic carbocycles. The number of pyridine rings is 1. The Bertz CT molecular complexity index is 832. The van der Waals surface area contributed by atoms with E-state index in [-0.39, 0.29) is 10.6 Å². The number of hydrogen-bond donors (Lipinski definition) is 2. The molecule has 0 amide bonds. The number of nitrogens with two attached hydrogens (primary N) is 1. The van der Waals surface area contributed by atoms with Gasteiger partial charge >= 0.3 is 0 Å². The van der Waals surface area contributed by atoms with Crippen molar-refractivity contribution in [1.82, 2.24) is 15.0 Å². The molecule has 0 bridgehead atoms. The summed E-state index contributed by atoms with van der Waals surface area (Å²) in [6.07, 6.45) is 11.1. The number of aromatic amines is 1. The third kappa shape index (κ3) is 3.35. The SMILES string of the molecule is N[C@@H]1CCCC12CCN(c1cnc(Sc3cc[nH]c(=O)c3Cl)cn1)CC2. The summed E-state index contributed by atoms with van der Waals surface area (Å²) in [5.41, 5.74) is 6.41. The van der Waals surface area contributed by atoms with Crippen LogP contribution in [0.1, 0.15) is 32.1 Å². The number of hydrogen-bond acceptors (Lipinski definition) is 6. The van der Waals surface area contributed by atoms with Crippen molar-refractivity contribution in [2.75, 3.05) is 18.0 Å². The molecule has 6 nitrogen and oxygen atoms in total. The van der Waals surface area contributed by atoms with Gasteiger partial charge in [0.05, 0.1) is 12.4 Å². The Morgan fingerprint density at radius 3 is 2.73 bits per heavy atom. The van der Waals surface area contributed by atoms with Crippen LogP contribution in [0.15, 0.2) is 39.4 Å². The van der Waals surface area contributed by atoms with Gasteiger partial charge in [-0.05, 0) is 37.2 Å². The number of H-pyrrole nitrogens is 1. The predicted molar refractivity (Wildman–Crippen MR) is 104 cm³/mol. The maximum atomic E-state index is 11.6. The zero-order valence-corrected chi connectivity index (χ0v) is 16.0. The fourth-order valence-corrected chi connectivity index (χ4v) is 5.11. The summed E-state index contributed by atoms with van der Waals surface area (Å²) >= 11 is 7.37. The summed E-state index contributed by atoms with van der Waals surface area (Å²) in [4.78, 5) is 26.1. The maximum absolute atomic E-state index is 11.6. The van der Waals surface area contributed by atoms with Gasteiger partial charge in [0.2, 0.25) is 0 Å². The summed E-state index contributed by atoms with van der Waals surface area (Å²) < 4.78 is 0. The molecular formula is C18H22ClN5OS. The van der Waals surface area contributed by atoms with Crippen LogP contribution < -0.4 is 16.2 Å². The Morgan fingerprint density at radius 2 is 2.08 bits per heavy atom. The average Bonchev–Trinajstić information content (AvgIpc) is 3.00. The van der Waals surface area contributed by atoms with E-state index in [1.807, 2.05) is 0 Å². The summed E-state index contributed by atoms with van der Waals surface area (Å²) in [5, 5.41) is 0.894. The van der Waals surface area contributed by atoms with Crippen LogP contribution in [0, 0.1) is 5.41 Å². The van der Waals surface area contributed by atoms with Gasteiger partial charge in [-0.25, -0.2) is 9.97 Å². The summed E-state index contributed by atoms with van der Waals surface area (Å²) in [7, 11) is 0. The minimum absolute atomic E-state index is 0.178. The number of rotatable bonds is 3. The fraction of sp³-hybridized carbons (Fsp3) is 0.500. The zero-order chi connectivity index (χ0) is 18.1. The van der Waals surface area contributed by atoms with Gasteiger partial charge in [-0.2, -0.15) is 0 Å². The van der Waals surface area contributed by atoms with Crippen LogP contribution in [-0.2, 0) is 0 Å². The molecule has 1 aliphatic heterocycles. The maximum Gasteiger partial charge on any atom is 0.267 e. The average molecular weight is 392 g/mol. The molecule has 2 aromatic rings. The van der Waals surface area contributed by atoms with Crippen LogP contribution in [0.25, 0.3) is 0 Å². The molecule has 0 aromatic carbocycles. The first-order valence-electron chi connectivity index (χ1n) is 8.95. The quantitative estimate of drug-likeness (QED) is 0.835.